The van der Waals surface area contributed by atoms with Gasteiger partial charge in [-0.15, -0.1) is 5.10 Å². The standard InChI is InChI=1S/C15H22N4O2/c1-14(2,13(20)21)19-12(16-17-18-19)15-6-9-3-10(7-15)5-11(4-9)8-15/h9-11H,3-8H2,1-2H3,(H,20,21). The average molecular weight is 290 g/mol. The van der Waals surface area contributed by atoms with Crippen LogP contribution in [0.1, 0.15) is 58.2 Å². The monoisotopic (exact) mass is 290 g/mol. The van der Waals surface area contributed by atoms with Crippen LogP contribution in [0.2, 0.25) is 0 Å². The molecule has 4 aliphatic rings. The first-order valence-electron chi connectivity index (χ1n) is 7.93. The molecule has 0 radical (unpaired) electrons. The highest BCUT2D eigenvalue weighted by Gasteiger charge is 2.55. The highest BCUT2D eigenvalue weighted by atomic mass is 16.4. The second-order valence-corrected chi connectivity index (χ2v) is 7.98. The third-order valence-electron chi connectivity index (χ3n) is 6.03. The Balaban J connectivity index is 1.78. The molecule has 0 amide bonds. The summed E-state index contributed by atoms with van der Waals surface area (Å²) >= 11 is 0. The van der Waals surface area contributed by atoms with Crippen LogP contribution in [0, 0.1) is 17.8 Å². The number of hydrogen-bond acceptors (Lipinski definition) is 4. The lowest BCUT2D eigenvalue weighted by Crippen LogP contribution is -2.51. The predicted molar refractivity (Wildman–Crippen MR) is 74.6 cm³/mol. The van der Waals surface area contributed by atoms with Crippen molar-refractivity contribution >= 4 is 5.97 Å². The lowest BCUT2D eigenvalue weighted by Gasteiger charge is -2.56. The molecule has 5 rings (SSSR count). The highest BCUT2D eigenvalue weighted by molar-refractivity contribution is 5.75. The van der Waals surface area contributed by atoms with E-state index in [9.17, 15) is 9.90 Å². The Kier molecular flexibility index (Phi) is 2.55. The summed E-state index contributed by atoms with van der Waals surface area (Å²) in [5.41, 5.74) is -1.08. The third kappa shape index (κ3) is 1.77. The fourth-order valence-electron chi connectivity index (χ4n) is 5.37. The predicted octanol–water partition coefficient (Wildman–Crippen LogP) is 1.96. The molecular weight excluding hydrogens is 268 g/mol. The molecule has 0 spiro atoms. The van der Waals surface area contributed by atoms with Gasteiger partial charge in [-0.3, -0.25) is 0 Å². The fourth-order valence-corrected chi connectivity index (χ4v) is 5.37. The number of tetrazole rings is 1. The molecule has 0 saturated heterocycles. The molecule has 21 heavy (non-hydrogen) atoms. The van der Waals surface area contributed by atoms with Gasteiger partial charge >= 0.3 is 5.97 Å². The van der Waals surface area contributed by atoms with Crippen LogP contribution in [0.15, 0.2) is 0 Å². The summed E-state index contributed by atoms with van der Waals surface area (Å²) < 4.78 is 1.57. The van der Waals surface area contributed by atoms with E-state index < -0.39 is 11.5 Å². The summed E-state index contributed by atoms with van der Waals surface area (Å²) in [5.74, 6) is 2.28. The largest absolute Gasteiger partial charge is 0.479 e. The van der Waals surface area contributed by atoms with Gasteiger partial charge in [-0.2, -0.15) is 0 Å². The average Bonchev–Trinajstić information content (AvgIpc) is 2.87. The van der Waals surface area contributed by atoms with Crippen LogP contribution >= 0.6 is 0 Å². The molecule has 0 aromatic carbocycles. The van der Waals surface area contributed by atoms with Crippen LogP contribution < -0.4 is 0 Å². The van der Waals surface area contributed by atoms with E-state index in [0.29, 0.717) is 0 Å². The summed E-state index contributed by atoms with van der Waals surface area (Å²) in [4.78, 5) is 11.6. The number of carbonyl (C=O) groups is 1. The quantitative estimate of drug-likeness (QED) is 0.920. The second-order valence-electron chi connectivity index (χ2n) is 7.98. The van der Waals surface area contributed by atoms with E-state index in [-0.39, 0.29) is 5.41 Å². The summed E-state index contributed by atoms with van der Waals surface area (Å²) in [6, 6.07) is 0. The molecule has 1 aromatic rings. The molecule has 6 heteroatoms. The molecule has 1 aromatic heterocycles. The topological polar surface area (TPSA) is 80.9 Å². The molecule has 4 aliphatic carbocycles. The first-order valence-corrected chi connectivity index (χ1v) is 7.93. The minimum atomic E-state index is -1.10. The normalized spacial score (nSPS) is 37.9. The zero-order valence-electron chi connectivity index (χ0n) is 12.6. The van der Waals surface area contributed by atoms with Gasteiger partial charge in [0.2, 0.25) is 0 Å². The van der Waals surface area contributed by atoms with Crippen LogP contribution in [-0.2, 0) is 15.7 Å². The number of carboxylic acids is 1. The van der Waals surface area contributed by atoms with E-state index in [1.165, 1.54) is 19.3 Å². The second kappa shape index (κ2) is 4.05. The third-order valence-corrected chi connectivity index (χ3v) is 6.03. The Bertz CT molecular complexity index is 557. The van der Waals surface area contributed by atoms with Crippen molar-refractivity contribution in [2.45, 2.75) is 63.3 Å². The molecule has 0 aliphatic heterocycles. The van der Waals surface area contributed by atoms with Crippen LogP contribution in [0.5, 0.6) is 0 Å². The van der Waals surface area contributed by atoms with Crippen LogP contribution in [0.3, 0.4) is 0 Å². The SMILES string of the molecule is CC(C)(C(=O)O)n1nnnc1C12CC3CC(CC(C3)C1)C2. The molecular formula is C15H22N4O2. The van der Waals surface area contributed by atoms with Crippen LogP contribution in [0.4, 0.5) is 0 Å². The van der Waals surface area contributed by atoms with Crippen molar-refractivity contribution in [3.8, 4) is 0 Å². The van der Waals surface area contributed by atoms with Gasteiger partial charge in [-0.05, 0) is 80.6 Å². The van der Waals surface area contributed by atoms with Crippen LogP contribution in [0.25, 0.3) is 0 Å². The number of hydrogen-bond donors (Lipinski definition) is 1. The number of nitrogens with zero attached hydrogens (tertiary/aromatic N) is 4. The lowest BCUT2D eigenvalue weighted by atomic mass is 9.49. The van der Waals surface area contributed by atoms with Crippen molar-refractivity contribution in [3.63, 3.8) is 0 Å². The van der Waals surface area contributed by atoms with Crippen molar-refractivity contribution in [1.29, 1.82) is 0 Å². The van der Waals surface area contributed by atoms with Gasteiger partial charge in [0.25, 0.3) is 0 Å². The Morgan fingerprint density at radius 1 is 1.19 bits per heavy atom. The fraction of sp³-hybridized carbons (Fsp3) is 0.867. The lowest BCUT2D eigenvalue weighted by molar-refractivity contribution is -0.146. The molecule has 0 unspecified atom stereocenters. The van der Waals surface area contributed by atoms with E-state index >= 15 is 0 Å². The summed E-state index contributed by atoms with van der Waals surface area (Å²) in [6.07, 6.45) is 7.45. The zero-order chi connectivity index (χ0) is 14.8. The minimum Gasteiger partial charge on any atom is -0.479 e. The molecule has 6 nitrogen and oxygen atoms in total. The number of rotatable bonds is 3. The molecule has 0 atom stereocenters. The molecule has 114 valence electrons. The summed E-state index contributed by atoms with van der Waals surface area (Å²) in [5, 5.41) is 21.7. The van der Waals surface area contributed by atoms with E-state index in [4.69, 9.17) is 0 Å². The van der Waals surface area contributed by atoms with Gasteiger partial charge in [-0.25, -0.2) is 9.48 Å². The van der Waals surface area contributed by atoms with Gasteiger partial charge in [0, 0.05) is 5.41 Å². The molecule has 1 heterocycles. The first-order chi connectivity index (χ1) is 9.91. The van der Waals surface area contributed by atoms with Crippen molar-refractivity contribution in [2.75, 3.05) is 0 Å². The first kappa shape index (κ1) is 13.2. The maximum absolute atomic E-state index is 11.6. The van der Waals surface area contributed by atoms with Gasteiger partial charge in [0.05, 0.1) is 0 Å². The van der Waals surface area contributed by atoms with Gasteiger partial charge in [-0.1, -0.05) is 0 Å². The Morgan fingerprint density at radius 2 is 1.71 bits per heavy atom. The van der Waals surface area contributed by atoms with E-state index in [1.807, 2.05) is 0 Å². The number of carboxylic acid groups (broad SMARTS) is 1. The maximum atomic E-state index is 11.6. The highest BCUT2D eigenvalue weighted by Crippen LogP contribution is 2.60. The number of aliphatic carboxylic acids is 1. The summed E-state index contributed by atoms with van der Waals surface area (Å²) in [7, 11) is 0. The Morgan fingerprint density at radius 3 is 2.19 bits per heavy atom. The van der Waals surface area contributed by atoms with Crippen LogP contribution in [-0.4, -0.2) is 31.3 Å². The van der Waals surface area contributed by atoms with E-state index in [2.05, 4.69) is 15.5 Å². The zero-order valence-corrected chi connectivity index (χ0v) is 12.6. The minimum absolute atomic E-state index is 0.0188. The smallest absolute Gasteiger partial charge is 0.331 e. The Hall–Kier alpha value is -1.46. The molecule has 4 saturated carbocycles. The van der Waals surface area contributed by atoms with Gasteiger partial charge in [0.1, 0.15) is 0 Å². The molecule has 1 N–H and O–H groups in total. The van der Waals surface area contributed by atoms with Crippen molar-refractivity contribution in [1.82, 2.24) is 20.2 Å². The van der Waals surface area contributed by atoms with Gasteiger partial charge < -0.3 is 5.11 Å². The van der Waals surface area contributed by atoms with E-state index in [0.717, 1.165) is 42.8 Å². The Labute approximate surface area is 123 Å². The number of aromatic nitrogens is 4. The molecule has 4 fully saturated rings. The van der Waals surface area contributed by atoms with Crippen molar-refractivity contribution < 1.29 is 9.90 Å². The summed E-state index contributed by atoms with van der Waals surface area (Å²) in [6.45, 7) is 3.35. The molecule has 4 bridgehead atoms. The van der Waals surface area contributed by atoms with Gasteiger partial charge in [0.15, 0.2) is 11.4 Å². The van der Waals surface area contributed by atoms with E-state index in [1.54, 1.807) is 18.5 Å². The maximum Gasteiger partial charge on any atom is 0.331 e. The van der Waals surface area contributed by atoms with Crippen molar-refractivity contribution in [2.24, 2.45) is 17.8 Å². The van der Waals surface area contributed by atoms with Crippen molar-refractivity contribution in [3.05, 3.63) is 5.82 Å².